The van der Waals surface area contributed by atoms with E-state index in [-0.39, 0.29) is 11.5 Å². The Morgan fingerprint density at radius 3 is 2.54 bits per heavy atom. The summed E-state index contributed by atoms with van der Waals surface area (Å²) in [7, 11) is -3.58. The number of nitrogens with zero attached hydrogens (tertiary/aromatic N) is 5. The van der Waals surface area contributed by atoms with E-state index in [0.717, 1.165) is 62.3 Å². The number of fused-ring (bicyclic) bond motifs is 1. The highest BCUT2D eigenvalue weighted by atomic mass is 32.2. The van der Waals surface area contributed by atoms with Gasteiger partial charge >= 0.3 is 0 Å². The first-order valence-electron chi connectivity index (χ1n) is 12.6. The second-order valence-electron chi connectivity index (χ2n) is 10.8. The summed E-state index contributed by atoms with van der Waals surface area (Å²) in [5.41, 5.74) is 3.44. The number of hydrogen-bond donors (Lipinski definition) is 1. The second kappa shape index (κ2) is 9.20. The molecule has 4 heterocycles. The van der Waals surface area contributed by atoms with Crippen molar-refractivity contribution >= 4 is 21.8 Å². The maximum Gasteiger partial charge on any atom is 0.227 e. The standard InChI is InChI=1S/C25H36N6O3S/c1-17-6-11-27-21(15-17)34-18-7-12-30(13-8-18)23-20-5-4-10-25(2,3)22(20)28-24(29-23)31-14-9-19(16-31)35(26,32)33/h6,11,15,18-19H,4-5,7-10,12-14,16H2,1-3H3,(H2,26,32,33). The molecule has 1 atom stereocenters. The van der Waals surface area contributed by atoms with E-state index < -0.39 is 15.3 Å². The largest absolute Gasteiger partial charge is 0.474 e. The number of sulfonamides is 1. The first-order valence-corrected chi connectivity index (χ1v) is 14.2. The molecule has 2 aliphatic heterocycles. The summed E-state index contributed by atoms with van der Waals surface area (Å²) in [6.07, 6.45) is 7.37. The Kier molecular flexibility index (Phi) is 6.37. The average Bonchev–Trinajstić information content (AvgIpc) is 3.30. The minimum Gasteiger partial charge on any atom is -0.474 e. The van der Waals surface area contributed by atoms with Crippen LogP contribution in [0.15, 0.2) is 18.3 Å². The van der Waals surface area contributed by atoms with E-state index in [2.05, 4.69) is 23.7 Å². The molecule has 3 aliphatic rings. The van der Waals surface area contributed by atoms with E-state index in [1.807, 2.05) is 24.0 Å². The van der Waals surface area contributed by atoms with Crippen molar-refractivity contribution < 1.29 is 13.2 Å². The molecule has 2 aromatic heterocycles. The molecule has 2 saturated heterocycles. The average molecular weight is 501 g/mol. The van der Waals surface area contributed by atoms with Gasteiger partial charge in [0.2, 0.25) is 21.9 Å². The van der Waals surface area contributed by atoms with Crippen LogP contribution in [0.2, 0.25) is 0 Å². The third-order valence-electron chi connectivity index (χ3n) is 7.65. The minimum atomic E-state index is -3.58. The van der Waals surface area contributed by atoms with E-state index in [1.165, 1.54) is 5.56 Å². The Morgan fingerprint density at radius 2 is 1.86 bits per heavy atom. The number of pyridine rings is 1. The molecule has 0 spiro atoms. The van der Waals surface area contributed by atoms with E-state index in [0.29, 0.717) is 31.3 Å². The maximum atomic E-state index is 11.9. The molecule has 0 saturated carbocycles. The molecule has 190 valence electrons. The highest BCUT2D eigenvalue weighted by Gasteiger charge is 2.37. The summed E-state index contributed by atoms with van der Waals surface area (Å²) in [6, 6.07) is 3.95. The van der Waals surface area contributed by atoms with Gasteiger partial charge in [-0.05, 0) is 44.2 Å². The van der Waals surface area contributed by atoms with E-state index >= 15 is 0 Å². The van der Waals surface area contributed by atoms with Crippen molar-refractivity contribution in [2.75, 3.05) is 36.0 Å². The summed E-state index contributed by atoms with van der Waals surface area (Å²) >= 11 is 0. The molecule has 0 radical (unpaired) electrons. The fourth-order valence-electron chi connectivity index (χ4n) is 5.59. The monoisotopic (exact) mass is 500 g/mol. The molecule has 1 unspecified atom stereocenters. The normalized spacial score (nSPS) is 22.8. The molecule has 0 aromatic carbocycles. The van der Waals surface area contributed by atoms with Gasteiger partial charge in [0.15, 0.2) is 0 Å². The number of rotatable bonds is 5. The zero-order valence-electron chi connectivity index (χ0n) is 20.9. The fourth-order valence-corrected chi connectivity index (χ4v) is 6.41. The lowest BCUT2D eigenvalue weighted by Crippen LogP contribution is -2.41. The minimum absolute atomic E-state index is 0.0443. The van der Waals surface area contributed by atoms with Crippen molar-refractivity contribution in [2.24, 2.45) is 5.14 Å². The Labute approximate surface area is 208 Å². The summed E-state index contributed by atoms with van der Waals surface area (Å²) in [5.74, 6) is 2.32. The molecule has 2 aromatic rings. The van der Waals surface area contributed by atoms with Gasteiger partial charge in [-0.2, -0.15) is 4.98 Å². The highest BCUT2D eigenvalue weighted by molar-refractivity contribution is 7.89. The van der Waals surface area contributed by atoms with Gasteiger partial charge in [0.1, 0.15) is 11.9 Å². The number of primary sulfonamides is 1. The first-order chi connectivity index (χ1) is 16.6. The van der Waals surface area contributed by atoms with Crippen LogP contribution in [0.25, 0.3) is 0 Å². The third-order valence-corrected chi connectivity index (χ3v) is 8.97. The van der Waals surface area contributed by atoms with E-state index in [1.54, 1.807) is 6.20 Å². The van der Waals surface area contributed by atoms with Crippen molar-refractivity contribution in [3.05, 3.63) is 35.2 Å². The number of aryl methyl sites for hydroxylation is 1. The first kappa shape index (κ1) is 24.2. The van der Waals surface area contributed by atoms with Gasteiger partial charge < -0.3 is 14.5 Å². The van der Waals surface area contributed by atoms with E-state index in [9.17, 15) is 8.42 Å². The van der Waals surface area contributed by atoms with Gasteiger partial charge in [-0.25, -0.2) is 23.5 Å². The molecule has 1 aliphatic carbocycles. The molecule has 35 heavy (non-hydrogen) atoms. The Morgan fingerprint density at radius 1 is 1.11 bits per heavy atom. The van der Waals surface area contributed by atoms with Crippen LogP contribution in [0.1, 0.15) is 62.8 Å². The van der Waals surface area contributed by atoms with Crippen LogP contribution < -0.4 is 19.7 Å². The van der Waals surface area contributed by atoms with Crippen LogP contribution in [-0.2, 0) is 21.9 Å². The van der Waals surface area contributed by atoms with Crippen LogP contribution in [0.5, 0.6) is 5.88 Å². The molecule has 0 bridgehead atoms. The SMILES string of the molecule is Cc1ccnc(OC2CCN(c3nc(N4CCC(S(N)(=O)=O)C4)nc4c3CCCC4(C)C)CC2)c1. The lowest BCUT2D eigenvalue weighted by atomic mass is 9.76. The van der Waals surface area contributed by atoms with Gasteiger partial charge in [0, 0.05) is 62.3 Å². The van der Waals surface area contributed by atoms with Gasteiger partial charge in [-0.15, -0.1) is 0 Å². The van der Waals surface area contributed by atoms with Crippen LogP contribution in [0.3, 0.4) is 0 Å². The number of anilines is 2. The zero-order chi connectivity index (χ0) is 24.8. The maximum absolute atomic E-state index is 11.9. The quantitative estimate of drug-likeness (QED) is 0.666. The van der Waals surface area contributed by atoms with Crippen molar-refractivity contribution in [1.82, 2.24) is 15.0 Å². The summed E-state index contributed by atoms with van der Waals surface area (Å²) in [6.45, 7) is 9.17. The predicted octanol–water partition coefficient (Wildman–Crippen LogP) is 2.71. The van der Waals surface area contributed by atoms with Crippen molar-refractivity contribution in [3.8, 4) is 5.88 Å². The van der Waals surface area contributed by atoms with Crippen LogP contribution in [0.4, 0.5) is 11.8 Å². The molecule has 5 rings (SSSR count). The number of ether oxygens (including phenoxy) is 1. The lowest BCUT2D eigenvalue weighted by molar-refractivity contribution is 0.163. The Hall–Kier alpha value is -2.46. The zero-order valence-corrected chi connectivity index (χ0v) is 21.7. The molecule has 0 amide bonds. The Balaban J connectivity index is 1.39. The Bertz CT molecular complexity index is 1190. The second-order valence-corrected chi connectivity index (χ2v) is 12.7. The van der Waals surface area contributed by atoms with Crippen LogP contribution in [-0.4, -0.2) is 60.9 Å². The molecular weight excluding hydrogens is 464 g/mol. The topological polar surface area (TPSA) is 115 Å². The molecule has 9 nitrogen and oxygen atoms in total. The van der Waals surface area contributed by atoms with E-state index in [4.69, 9.17) is 19.8 Å². The summed E-state index contributed by atoms with van der Waals surface area (Å²) in [4.78, 5) is 18.8. The van der Waals surface area contributed by atoms with Crippen molar-refractivity contribution in [2.45, 2.75) is 76.1 Å². The highest BCUT2D eigenvalue weighted by Crippen LogP contribution is 2.41. The number of piperidine rings is 1. The van der Waals surface area contributed by atoms with Crippen LogP contribution in [0, 0.1) is 6.92 Å². The smallest absolute Gasteiger partial charge is 0.227 e. The lowest BCUT2D eigenvalue weighted by Gasteiger charge is -2.38. The third kappa shape index (κ3) is 5.09. The fraction of sp³-hybridized carbons (Fsp3) is 0.640. The number of hydrogen-bond acceptors (Lipinski definition) is 8. The van der Waals surface area contributed by atoms with Gasteiger partial charge in [-0.3, -0.25) is 0 Å². The number of aromatic nitrogens is 3. The predicted molar refractivity (Wildman–Crippen MR) is 137 cm³/mol. The summed E-state index contributed by atoms with van der Waals surface area (Å²) < 4.78 is 30.0. The van der Waals surface area contributed by atoms with Gasteiger partial charge in [0.25, 0.3) is 0 Å². The molecule has 10 heteroatoms. The molecule has 2 N–H and O–H groups in total. The van der Waals surface area contributed by atoms with Gasteiger partial charge in [-0.1, -0.05) is 13.8 Å². The van der Waals surface area contributed by atoms with Crippen molar-refractivity contribution in [3.63, 3.8) is 0 Å². The van der Waals surface area contributed by atoms with Gasteiger partial charge in [0.05, 0.1) is 10.9 Å². The van der Waals surface area contributed by atoms with Crippen molar-refractivity contribution in [1.29, 1.82) is 0 Å². The van der Waals surface area contributed by atoms with Crippen LogP contribution >= 0.6 is 0 Å². The molecular formula is C25H36N6O3S. The molecule has 2 fully saturated rings. The summed E-state index contributed by atoms with van der Waals surface area (Å²) in [5, 5.41) is 4.87. The number of nitrogens with two attached hydrogens (primary N) is 1.